The van der Waals surface area contributed by atoms with E-state index in [0.717, 1.165) is 41.1 Å². The summed E-state index contributed by atoms with van der Waals surface area (Å²) in [7, 11) is -6.48. The summed E-state index contributed by atoms with van der Waals surface area (Å²) in [5.41, 5.74) is 4.69. The zero-order chi connectivity index (χ0) is 22.2. The summed E-state index contributed by atoms with van der Waals surface area (Å²) in [5.74, 6) is 0.437. The van der Waals surface area contributed by atoms with E-state index in [2.05, 4.69) is 15.8 Å². The van der Waals surface area contributed by atoms with E-state index in [1.54, 1.807) is 17.3 Å². The predicted molar refractivity (Wildman–Crippen MR) is 125 cm³/mol. The topological polar surface area (TPSA) is 99.3 Å². The van der Waals surface area contributed by atoms with E-state index in [-0.39, 0.29) is 5.75 Å². The number of aromatic nitrogens is 1. The van der Waals surface area contributed by atoms with Crippen molar-refractivity contribution in [3.63, 3.8) is 0 Å². The lowest BCUT2D eigenvalue weighted by Gasteiger charge is -2.30. The first-order valence-corrected chi connectivity index (χ1v) is 13.8. The molecule has 0 bridgehead atoms. The first-order valence-electron chi connectivity index (χ1n) is 10.3. The van der Waals surface area contributed by atoms with Gasteiger partial charge in [0, 0.05) is 35.9 Å². The van der Waals surface area contributed by atoms with Crippen molar-refractivity contribution in [2.75, 3.05) is 29.8 Å². The molecule has 0 unspecified atom stereocenters. The molecule has 1 aromatic heterocycles. The van der Waals surface area contributed by atoms with Crippen LogP contribution in [0.25, 0.3) is 22.0 Å². The Hall–Kier alpha value is -2.36. The van der Waals surface area contributed by atoms with E-state index < -0.39 is 20.0 Å². The van der Waals surface area contributed by atoms with Gasteiger partial charge in [0.25, 0.3) is 0 Å². The third-order valence-corrected chi connectivity index (χ3v) is 8.35. The molecule has 1 saturated heterocycles. The predicted octanol–water partition coefficient (Wildman–Crippen LogP) is 3.74. The van der Waals surface area contributed by atoms with Crippen LogP contribution in [0.5, 0.6) is 0 Å². The minimum absolute atomic E-state index is 0.140. The number of aromatic amines is 1. The number of H-pyrrole nitrogens is 1. The fourth-order valence-corrected chi connectivity index (χ4v) is 5.95. The third-order valence-electron chi connectivity index (χ3n) is 5.86. The standard InChI is InChI=1S/C22H27N3O4S2/c1-3-31(28,29)25-11-9-16(10-12-25)21-15-23-22-8-7-18(14-20(21)22)17-5-4-6-19(13-17)24-30(2,26)27/h4-8,13-16,23-24H,3,9-12H2,1-2H3. The van der Waals surface area contributed by atoms with Crippen molar-refractivity contribution in [3.8, 4) is 11.1 Å². The number of piperidine rings is 1. The highest BCUT2D eigenvalue weighted by Gasteiger charge is 2.28. The van der Waals surface area contributed by atoms with E-state index in [1.807, 2.05) is 36.5 Å². The molecule has 0 amide bonds. The highest BCUT2D eigenvalue weighted by atomic mass is 32.2. The van der Waals surface area contributed by atoms with Gasteiger partial charge in [-0.15, -0.1) is 0 Å². The van der Waals surface area contributed by atoms with Gasteiger partial charge in [-0.3, -0.25) is 4.72 Å². The van der Waals surface area contributed by atoms with Crippen LogP contribution in [0.3, 0.4) is 0 Å². The van der Waals surface area contributed by atoms with Crippen molar-refractivity contribution >= 4 is 36.6 Å². The van der Waals surface area contributed by atoms with Crippen LogP contribution in [0.1, 0.15) is 31.2 Å². The van der Waals surface area contributed by atoms with Gasteiger partial charge in [0.05, 0.1) is 12.0 Å². The highest BCUT2D eigenvalue weighted by molar-refractivity contribution is 7.92. The van der Waals surface area contributed by atoms with E-state index in [1.165, 1.54) is 5.56 Å². The zero-order valence-electron chi connectivity index (χ0n) is 17.6. The molecule has 1 aliphatic rings. The number of nitrogens with one attached hydrogen (secondary N) is 2. The molecular weight excluding hydrogens is 434 g/mol. The summed E-state index contributed by atoms with van der Waals surface area (Å²) >= 11 is 0. The Morgan fingerprint density at radius 2 is 1.74 bits per heavy atom. The third kappa shape index (κ3) is 4.78. The number of anilines is 1. The maximum Gasteiger partial charge on any atom is 0.229 e. The van der Waals surface area contributed by atoms with Crippen LogP contribution in [-0.2, 0) is 20.0 Å². The molecule has 0 atom stereocenters. The van der Waals surface area contributed by atoms with E-state index in [4.69, 9.17) is 0 Å². The lowest BCUT2D eigenvalue weighted by molar-refractivity contribution is 0.321. The number of sulfonamides is 2. The second-order valence-electron chi connectivity index (χ2n) is 8.03. The van der Waals surface area contributed by atoms with Crippen LogP contribution in [0, 0.1) is 0 Å². The molecule has 31 heavy (non-hydrogen) atoms. The fraction of sp³-hybridized carbons (Fsp3) is 0.364. The van der Waals surface area contributed by atoms with E-state index in [9.17, 15) is 16.8 Å². The van der Waals surface area contributed by atoms with Crippen molar-refractivity contribution in [3.05, 3.63) is 54.2 Å². The molecule has 0 radical (unpaired) electrons. The van der Waals surface area contributed by atoms with Crippen LogP contribution in [0.4, 0.5) is 5.69 Å². The summed E-state index contributed by atoms with van der Waals surface area (Å²) in [6.45, 7) is 2.78. The number of hydrogen-bond acceptors (Lipinski definition) is 4. The molecule has 0 aliphatic carbocycles. The molecule has 3 aromatic rings. The summed E-state index contributed by atoms with van der Waals surface area (Å²) in [6, 6.07) is 13.5. The summed E-state index contributed by atoms with van der Waals surface area (Å²) in [5, 5.41) is 1.12. The minimum atomic E-state index is -3.34. The monoisotopic (exact) mass is 461 g/mol. The fourth-order valence-electron chi connectivity index (χ4n) is 4.26. The Morgan fingerprint density at radius 1 is 1.03 bits per heavy atom. The van der Waals surface area contributed by atoms with Crippen molar-refractivity contribution in [2.24, 2.45) is 0 Å². The first kappa shape index (κ1) is 21.9. The molecule has 2 aromatic carbocycles. The maximum atomic E-state index is 12.2. The van der Waals surface area contributed by atoms with Crippen LogP contribution < -0.4 is 4.72 Å². The van der Waals surface area contributed by atoms with Crippen molar-refractivity contribution in [1.29, 1.82) is 0 Å². The Morgan fingerprint density at radius 3 is 2.42 bits per heavy atom. The van der Waals surface area contributed by atoms with Crippen LogP contribution in [0.15, 0.2) is 48.7 Å². The first-order chi connectivity index (χ1) is 14.7. The molecule has 7 nitrogen and oxygen atoms in total. The Kier molecular flexibility index (Phi) is 5.85. The van der Waals surface area contributed by atoms with Crippen LogP contribution >= 0.6 is 0 Å². The second kappa shape index (κ2) is 8.29. The smallest absolute Gasteiger partial charge is 0.229 e. The molecule has 9 heteroatoms. The second-order valence-corrected chi connectivity index (χ2v) is 12.0. The normalized spacial score (nSPS) is 16.6. The van der Waals surface area contributed by atoms with E-state index in [0.29, 0.717) is 24.7 Å². The Balaban J connectivity index is 1.62. The van der Waals surface area contributed by atoms with Crippen LogP contribution in [-0.4, -0.2) is 51.2 Å². The highest BCUT2D eigenvalue weighted by Crippen LogP contribution is 2.36. The molecule has 0 saturated carbocycles. The van der Waals surface area contributed by atoms with Gasteiger partial charge in [-0.05, 0) is 66.6 Å². The van der Waals surface area contributed by atoms with E-state index >= 15 is 0 Å². The molecule has 0 spiro atoms. The molecular formula is C22H27N3O4S2. The quantitative estimate of drug-likeness (QED) is 0.584. The van der Waals surface area contributed by atoms with Gasteiger partial charge in [0.2, 0.25) is 20.0 Å². The van der Waals surface area contributed by atoms with Gasteiger partial charge >= 0.3 is 0 Å². The molecule has 2 heterocycles. The van der Waals surface area contributed by atoms with Gasteiger partial charge in [-0.2, -0.15) is 0 Å². The lowest BCUT2D eigenvalue weighted by Crippen LogP contribution is -2.38. The van der Waals surface area contributed by atoms with Gasteiger partial charge in [0.15, 0.2) is 0 Å². The molecule has 1 aliphatic heterocycles. The van der Waals surface area contributed by atoms with Gasteiger partial charge in [-0.25, -0.2) is 21.1 Å². The van der Waals surface area contributed by atoms with Crippen molar-refractivity contribution in [2.45, 2.75) is 25.7 Å². The zero-order valence-corrected chi connectivity index (χ0v) is 19.3. The molecule has 4 rings (SSSR count). The average Bonchev–Trinajstić information content (AvgIpc) is 3.16. The van der Waals surface area contributed by atoms with Crippen LogP contribution in [0.2, 0.25) is 0 Å². The molecule has 1 fully saturated rings. The minimum Gasteiger partial charge on any atom is -0.361 e. The molecule has 2 N–H and O–H groups in total. The number of nitrogens with zero attached hydrogens (tertiary/aromatic N) is 1. The maximum absolute atomic E-state index is 12.2. The number of fused-ring (bicyclic) bond motifs is 1. The van der Waals surface area contributed by atoms with Crippen molar-refractivity contribution in [1.82, 2.24) is 9.29 Å². The van der Waals surface area contributed by atoms with Crippen molar-refractivity contribution < 1.29 is 16.8 Å². The van der Waals surface area contributed by atoms with Gasteiger partial charge in [-0.1, -0.05) is 18.2 Å². The average molecular weight is 462 g/mol. The Labute approximate surface area is 183 Å². The lowest BCUT2D eigenvalue weighted by atomic mass is 9.89. The summed E-state index contributed by atoms with van der Waals surface area (Å²) in [4.78, 5) is 3.34. The number of hydrogen-bond donors (Lipinski definition) is 2. The summed E-state index contributed by atoms with van der Waals surface area (Å²) in [6.07, 6.45) is 4.76. The van der Waals surface area contributed by atoms with Gasteiger partial charge in [0.1, 0.15) is 0 Å². The summed E-state index contributed by atoms with van der Waals surface area (Å²) < 4.78 is 51.5. The Bertz CT molecular complexity index is 1310. The van der Waals surface area contributed by atoms with Gasteiger partial charge < -0.3 is 4.98 Å². The number of rotatable bonds is 6. The number of benzene rings is 2. The largest absolute Gasteiger partial charge is 0.361 e. The SMILES string of the molecule is CCS(=O)(=O)N1CCC(c2c[nH]c3ccc(-c4cccc(NS(C)(=O)=O)c4)cc23)CC1. The molecule has 166 valence electrons.